The molecule has 0 unspecified atom stereocenters. The minimum absolute atomic E-state index is 0.0593. The van der Waals surface area contributed by atoms with Crippen LogP contribution >= 0.6 is 0 Å². The molecule has 0 aliphatic carbocycles. The van der Waals surface area contributed by atoms with Crippen molar-refractivity contribution in [2.45, 2.75) is 70.4 Å². The van der Waals surface area contributed by atoms with Gasteiger partial charge in [0.1, 0.15) is 42.0 Å². The van der Waals surface area contributed by atoms with Gasteiger partial charge in [-0.25, -0.2) is 9.59 Å². The number of phenolic OH excluding ortho intramolecular Hbond substituents is 1. The van der Waals surface area contributed by atoms with Gasteiger partial charge in [-0.05, 0) is 32.3 Å². The predicted octanol–water partition coefficient (Wildman–Crippen LogP) is 0.0840. The molecule has 0 aromatic heterocycles. The first-order valence-electron chi connectivity index (χ1n) is 10.8. The highest BCUT2D eigenvalue weighted by Gasteiger charge is 2.48. The number of cyclic esters (lactones) is 1. The zero-order chi connectivity index (χ0) is 26.0. The maximum absolute atomic E-state index is 12.2. The lowest BCUT2D eigenvalue weighted by Gasteiger charge is -2.37. The van der Waals surface area contributed by atoms with Crippen molar-refractivity contribution in [3.63, 3.8) is 0 Å². The minimum atomic E-state index is -1.89. The van der Waals surface area contributed by atoms with Crippen LogP contribution in [-0.4, -0.2) is 81.3 Å². The van der Waals surface area contributed by atoms with E-state index in [0.29, 0.717) is 22.4 Å². The number of hydrogen-bond acceptors (Lipinski definition) is 11. The van der Waals surface area contributed by atoms with E-state index < -0.39 is 48.6 Å². The van der Waals surface area contributed by atoms with Crippen molar-refractivity contribution in [2.75, 3.05) is 7.11 Å². The molecule has 1 aromatic rings. The summed E-state index contributed by atoms with van der Waals surface area (Å²) in [5.41, 5.74) is 2.51. The fraction of sp³-hybridized carbons (Fsp3) is 0.522. The van der Waals surface area contributed by atoms with Crippen molar-refractivity contribution in [3.8, 4) is 11.5 Å². The SMILES string of the molecule is COc1c(C)c2c(c(O)c1C/C=C(\C)CCC(=O)O[C@@H]1O[C@@H](C(=O)O)[C@@H](O)[C@H](O)[C@@H]1O)C(=O)OC2. The molecule has 0 spiro atoms. The Morgan fingerprint density at radius 1 is 1.14 bits per heavy atom. The molecule has 1 aromatic carbocycles. The monoisotopic (exact) mass is 496 g/mol. The number of methoxy groups -OCH3 is 1. The number of ether oxygens (including phenoxy) is 4. The molecule has 5 N–H and O–H groups in total. The minimum Gasteiger partial charge on any atom is -0.507 e. The number of rotatable bonds is 8. The molecule has 12 nitrogen and oxygen atoms in total. The number of aliphatic carboxylic acids is 1. The zero-order valence-corrected chi connectivity index (χ0v) is 19.4. The lowest BCUT2D eigenvalue weighted by molar-refractivity contribution is -0.286. The predicted molar refractivity (Wildman–Crippen MR) is 116 cm³/mol. The third kappa shape index (κ3) is 5.25. The third-order valence-corrected chi connectivity index (χ3v) is 6.09. The van der Waals surface area contributed by atoms with Gasteiger partial charge in [0.15, 0.2) is 6.10 Å². The van der Waals surface area contributed by atoms with Crippen LogP contribution in [0.4, 0.5) is 0 Å². The number of aliphatic hydroxyl groups excluding tert-OH is 3. The van der Waals surface area contributed by atoms with E-state index in [1.165, 1.54) is 7.11 Å². The van der Waals surface area contributed by atoms with Crippen molar-refractivity contribution < 1.29 is 58.9 Å². The molecular formula is C23H28O12. The van der Waals surface area contributed by atoms with E-state index in [1.807, 2.05) is 0 Å². The molecular weight excluding hydrogens is 468 g/mol. The van der Waals surface area contributed by atoms with Gasteiger partial charge in [-0.1, -0.05) is 11.6 Å². The lowest BCUT2D eigenvalue weighted by atomic mass is 9.94. The number of carbonyl (C=O) groups is 3. The molecule has 12 heteroatoms. The van der Waals surface area contributed by atoms with E-state index in [4.69, 9.17) is 24.1 Å². The second-order valence-corrected chi connectivity index (χ2v) is 8.39. The van der Waals surface area contributed by atoms with Crippen molar-refractivity contribution in [1.29, 1.82) is 0 Å². The molecule has 35 heavy (non-hydrogen) atoms. The van der Waals surface area contributed by atoms with Crippen LogP contribution in [0.15, 0.2) is 11.6 Å². The van der Waals surface area contributed by atoms with Gasteiger partial charge in [-0.3, -0.25) is 4.79 Å². The number of aromatic hydroxyl groups is 1. The number of esters is 2. The summed E-state index contributed by atoms with van der Waals surface area (Å²) < 4.78 is 20.3. The Labute approximate surface area is 200 Å². The van der Waals surface area contributed by atoms with Crippen LogP contribution in [0.2, 0.25) is 0 Å². The Morgan fingerprint density at radius 2 is 1.83 bits per heavy atom. The number of carbonyl (C=O) groups excluding carboxylic acids is 2. The van der Waals surface area contributed by atoms with Crippen LogP contribution in [0.25, 0.3) is 0 Å². The summed E-state index contributed by atoms with van der Waals surface area (Å²) >= 11 is 0. The van der Waals surface area contributed by atoms with E-state index in [-0.39, 0.29) is 37.2 Å². The van der Waals surface area contributed by atoms with Gasteiger partial charge in [0.2, 0.25) is 6.29 Å². The molecule has 192 valence electrons. The Hall–Kier alpha value is -3.19. The van der Waals surface area contributed by atoms with E-state index in [0.717, 1.165) is 5.57 Å². The standard InChI is InChI=1S/C23H28O12/c1-9(4-6-11-15(25)14-12(8-33-22(14)31)10(2)19(11)32-3)5-7-13(24)34-23-18(28)16(26)17(27)20(35-23)21(29)30/h4,16-18,20,23,25-28H,5-8H2,1-3H3,(H,29,30)/b9-4+/t16-,17-,18-,20+,23+/m0/s1. The van der Waals surface area contributed by atoms with Gasteiger partial charge >= 0.3 is 17.9 Å². The van der Waals surface area contributed by atoms with E-state index in [2.05, 4.69) is 0 Å². The van der Waals surface area contributed by atoms with Crippen molar-refractivity contribution in [1.82, 2.24) is 0 Å². The summed E-state index contributed by atoms with van der Waals surface area (Å²) in [6.45, 7) is 3.56. The topological polar surface area (TPSA) is 189 Å². The zero-order valence-electron chi connectivity index (χ0n) is 19.4. The molecule has 0 amide bonds. The van der Waals surface area contributed by atoms with Gasteiger partial charge in [0.05, 0.1) is 7.11 Å². The second-order valence-electron chi connectivity index (χ2n) is 8.39. The number of allylic oxidation sites excluding steroid dienone is 2. The number of fused-ring (bicyclic) bond motifs is 1. The largest absolute Gasteiger partial charge is 0.507 e. The quantitative estimate of drug-likeness (QED) is 0.241. The Morgan fingerprint density at radius 3 is 2.46 bits per heavy atom. The van der Waals surface area contributed by atoms with Gasteiger partial charge in [0.25, 0.3) is 0 Å². The van der Waals surface area contributed by atoms with Crippen LogP contribution in [0.5, 0.6) is 11.5 Å². The van der Waals surface area contributed by atoms with Gasteiger partial charge in [-0.2, -0.15) is 0 Å². The summed E-state index contributed by atoms with van der Waals surface area (Å²) in [5, 5.41) is 49.1. The van der Waals surface area contributed by atoms with Gasteiger partial charge in [0, 0.05) is 17.5 Å². The Bertz CT molecular complexity index is 1050. The first-order valence-corrected chi connectivity index (χ1v) is 10.8. The summed E-state index contributed by atoms with van der Waals surface area (Å²) in [5.74, 6) is -2.81. The van der Waals surface area contributed by atoms with Crippen molar-refractivity contribution >= 4 is 17.9 Å². The molecule has 0 saturated carbocycles. The van der Waals surface area contributed by atoms with Gasteiger partial charge < -0.3 is 44.5 Å². The summed E-state index contributed by atoms with van der Waals surface area (Å²) in [6, 6.07) is 0. The van der Waals surface area contributed by atoms with E-state index in [1.54, 1.807) is 19.9 Å². The van der Waals surface area contributed by atoms with E-state index >= 15 is 0 Å². The number of carboxylic acid groups (broad SMARTS) is 1. The number of phenols is 1. The second kappa shape index (κ2) is 10.6. The van der Waals surface area contributed by atoms with Crippen LogP contribution < -0.4 is 4.74 Å². The number of hydrogen-bond donors (Lipinski definition) is 5. The summed E-state index contributed by atoms with van der Waals surface area (Å²) in [7, 11) is 1.45. The highest BCUT2D eigenvalue weighted by atomic mass is 16.7. The molecule has 2 aliphatic rings. The average Bonchev–Trinajstić information content (AvgIpc) is 3.21. The van der Waals surface area contributed by atoms with E-state index in [9.17, 15) is 34.8 Å². The summed E-state index contributed by atoms with van der Waals surface area (Å²) in [4.78, 5) is 35.4. The number of carboxylic acids is 1. The highest BCUT2D eigenvalue weighted by Crippen LogP contribution is 2.42. The molecule has 2 aliphatic heterocycles. The average molecular weight is 496 g/mol. The fourth-order valence-electron chi connectivity index (χ4n) is 4.04. The lowest BCUT2D eigenvalue weighted by Crippen LogP contribution is -2.60. The fourth-order valence-corrected chi connectivity index (χ4v) is 4.04. The molecule has 0 bridgehead atoms. The maximum atomic E-state index is 12.2. The summed E-state index contributed by atoms with van der Waals surface area (Å²) in [6.07, 6.45) is -7.23. The normalized spacial score (nSPS) is 26.2. The van der Waals surface area contributed by atoms with Crippen LogP contribution in [0.1, 0.15) is 46.8 Å². The molecule has 1 fully saturated rings. The van der Waals surface area contributed by atoms with Crippen LogP contribution in [0, 0.1) is 6.92 Å². The molecule has 3 rings (SSSR count). The molecule has 0 radical (unpaired) electrons. The maximum Gasteiger partial charge on any atom is 0.342 e. The van der Waals surface area contributed by atoms with Crippen LogP contribution in [0.3, 0.4) is 0 Å². The Balaban J connectivity index is 1.63. The van der Waals surface area contributed by atoms with Crippen molar-refractivity contribution in [2.24, 2.45) is 0 Å². The molecule has 2 heterocycles. The first-order chi connectivity index (χ1) is 16.5. The molecule has 1 saturated heterocycles. The third-order valence-electron chi connectivity index (χ3n) is 6.09. The van der Waals surface area contributed by atoms with Crippen molar-refractivity contribution in [3.05, 3.63) is 33.9 Å². The first kappa shape index (κ1) is 26.4. The smallest absolute Gasteiger partial charge is 0.342 e. The van der Waals surface area contributed by atoms with Crippen LogP contribution in [-0.2, 0) is 36.8 Å². The highest BCUT2D eigenvalue weighted by molar-refractivity contribution is 5.98. The number of aliphatic hydroxyl groups is 3. The Kier molecular flexibility index (Phi) is 8.00. The van der Waals surface area contributed by atoms with Gasteiger partial charge in [-0.15, -0.1) is 0 Å². The number of benzene rings is 1. The molecule has 5 atom stereocenters.